The number of ether oxygens (including phenoxy) is 2. The van der Waals surface area contributed by atoms with Gasteiger partial charge in [0.1, 0.15) is 0 Å². The van der Waals surface area contributed by atoms with Crippen molar-refractivity contribution in [2.75, 3.05) is 59.2 Å². The van der Waals surface area contributed by atoms with Crippen molar-refractivity contribution in [2.45, 2.75) is 6.92 Å². The van der Waals surface area contributed by atoms with E-state index >= 15 is 0 Å². The average molecular weight is 202 g/mol. The van der Waals surface area contributed by atoms with Crippen molar-refractivity contribution in [1.82, 2.24) is 10.2 Å². The summed E-state index contributed by atoms with van der Waals surface area (Å²) >= 11 is 0. The molecular weight excluding hydrogens is 180 g/mol. The van der Waals surface area contributed by atoms with Crippen LogP contribution in [0, 0.1) is 0 Å². The Labute approximate surface area is 86.6 Å². The van der Waals surface area contributed by atoms with Gasteiger partial charge in [-0.15, -0.1) is 0 Å². The quantitative estimate of drug-likeness (QED) is 0.646. The SMILES string of the molecule is CCN1CCOCCNCCOCC1. The highest BCUT2D eigenvalue weighted by molar-refractivity contribution is 4.55. The molecule has 0 saturated carbocycles. The molecule has 1 aliphatic heterocycles. The molecule has 4 nitrogen and oxygen atoms in total. The minimum Gasteiger partial charge on any atom is -0.379 e. The van der Waals surface area contributed by atoms with Gasteiger partial charge in [0.2, 0.25) is 0 Å². The van der Waals surface area contributed by atoms with Crippen LogP contribution in [0.2, 0.25) is 0 Å². The summed E-state index contributed by atoms with van der Waals surface area (Å²) in [5.41, 5.74) is 0. The standard InChI is InChI=1S/C10H22N2O2/c1-2-12-5-9-13-7-3-11-4-8-14-10-6-12/h11H,2-10H2,1H3. The Balaban J connectivity index is 2.17. The fourth-order valence-corrected chi connectivity index (χ4v) is 1.43. The second-order valence-corrected chi connectivity index (χ2v) is 3.41. The molecule has 0 aliphatic carbocycles. The maximum atomic E-state index is 5.49. The molecule has 0 bridgehead atoms. The van der Waals surface area contributed by atoms with Gasteiger partial charge in [0.25, 0.3) is 0 Å². The van der Waals surface area contributed by atoms with Crippen molar-refractivity contribution in [3.8, 4) is 0 Å². The molecule has 0 aromatic heterocycles. The van der Waals surface area contributed by atoms with Crippen molar-refractivity contribution in [3.63, 3.8) is 0 Å². The van der Waals surface area contributed by atoms with E-state index in [9.17, 15) is 0 Å². The fraction of sp³-hybridized carbons (Fsp3) is 1.00. The Hall–Kier alpha value is -0.160. The summed E-state index contributed by atoms with van der Waals surface area (Å²) in [6.07, 6.45) is 0. The molecule has 1 rings (SSSR count). The third-order valence-corrected chi connectivity index (χ3v) is 2.40. The predicted molar refractivity (Wildman–Crippen MR) is 56.6 cm³/mol. The zero-order chi connectivity index (χ0) is 10.1. The van der Waals surface area contributed by atoms with Crippen LogP contribution in [-0.4, -0.2) is 64.1 Å². The van der Waals surface area contributed by atoms with E-state index in [2.05, 4.69) is 17.1 Å². The maximum Gasteiger partial charge on any atom is 0.0594 e. The first-order valence-electron chi connectivity index (χ1n) is 5.52. The summed E-state index contributed by atoms with van der Waals surface area (Å²) in [7, 11) is 0. The van der Waals surface area contributed by atoms with E-state index in [0.717, 1.165) is 59.2 Å². The smallest absolute Gasteiger partial charge is 0.0594 e. The molecule has 0 aromatic carbocycles. The van der Waals surface area contributed by atoms with E-state index in [1.165, 1.54) is 0 Å². The van der Waals surface area contributed by atoms with Gasteiger partial charge in [0, 0.05) is 26.2 Å². The first kappa shape index (κ1) is 11.9. The van der Waals surface area contributed by atoms with Gasteiger partial charge in [0.05, 0.1) is 26.4 Å². The van der Waals surface area contributed by atoms with Crippen molar-refractivity contribution in [2.24, 2.45) is 0 Å². The van der Waals surface area contributed by atoms with Crippen LogP contribution in [0.1, 0.15) is 6.92 Å². The van der Waals surface area contributed by atoms with Gasteiger partial charge in [-0.1, -0.05) is 6.92 Å². The molecule has 0 unspecified atom stereocenters. The molecular formula is C10H22N2O2. The van der Waals surface area contributed by atoms with Gasteiger partial charge in [-0.2, -0.15) is 0 Å². The first-order valence-corrected chi connectivity index (χ1v) is 5.52. The largest absolute Gasteiger partial charge is 0.379 e. The minimum atomic E-state index is 0.803. The average Bonchev–Trinajstić information content (AvgIpc) is 2.19. The third-order valence-electron chi connectivity index (χ3n) is 2.40. The number of rotatable bonds is 1. The topological polar surface area (TPSA) is 33.7 Å². The molecule has 84 valence electrons. The lowest BCUT2D eigenvalue weighted by Gasteiger charge is -2.21. The highest BCUT2D eigenvalue weighted by Crippen LogP contribution is 1.89. The zero-order valence-electron chi connectivity index (χ0n) is 9.13. The number of hydrogen-bond donors (Lipinski definition) is 1. The van der Waals surface area contributed by atoms with Crippen LogP contribution in [0.5, 0.6) is 0 Å². The Morgan fingerprint density at radius 3 is 2.07 bits per heavy atom. The number of nitrogens with one attached hydrogen (secondary N) is 1. The van der Waals surface area contributed by atoms with Crippen LogP contribution in [0.15, 0.2) is 0 Å². The van der Waals surface area contributed by atoms with Crippen molar-refractivity contribution in [1.29, 1.82) is 0 Å². The number of nitrogens with zero attached hydrogens (tertiary/aromatic N) is 1. The zero-order valence-corrected chi connectivity index (χ0v) is 9.13. The van der Waals surface area contributed by atoms with Gasteiger partial charge in [0.15, 0.2) is 0 Å². The molecule has 0 aromatic rings. The van der Waals surface area contributed by atoms with Gasteiger partial charge in [-0.3, -0.25) is 4.90 Å². The molecule has 0 radical (unpaired) electrons. The van der Waals surface area contributed by atoms with E-state index in [1.807, 2.05) is 0 Å². The third kappa shape index (κ3) is 5.54. The molecule has 1 fully saturated rings. The fourth-order valence-electron chi connectivity index (χ4n) is 1.43. The summed E-state index contributed by atoms with van der Waals surface area (Å²) in [6, 6.07) is 0. The lowest BCUT2D eigenvalue weighted by atomic mass is 10.4. The van der Waals surface area contributed by atoms with Crippen LogP contribution in [-0.2, 0) is 9.47 Å². The highest BCUT2D eigenvalue weighted by atomic mass is 16.5. The molecule has 14 heavy (non-hydrogen) atoms. The predicted octanol–water partition coefficient (Wildman–Crippen LogP) is -0.0553. The van der Waals surface area contributed by atoms with Gasteiger partial charge < -0.3 is 14.8 Å². The van der Waals surface area contributed by atoms with Crippen LogP contribution in [0.25, 0.3) is 0 Å². The summed E-state index contributed by atoms with van der Waals surface area (Å²) < 4.78 is 11.0. The van der Waals surface area contributed by atoms with E-state index < -0.39 is 0 Å². The summed E-state index contributed by atoms with van der Waals surface area (Å²) in [4.78, 5) is 2.36. The normalized spacial score (nSPS) is 23.8. The van der Waals surface area contributed by atoms with E-state index in [4.69, 9.17) is 9.47 Å². The monoisotopic (exact) mass is 202 g/mol. The highest BCUT2D eigenvalue weighted by Gasteiger charge is 2.02. The molecule has 0 amide bonds. The molecule has 1 N–H and O–H groups in total. The summed E-state index contributed by atoms with van der Waals surface area (Å²) in [6.45, 7) is 10.4. The second-order valence-electron chi connectivity index (χ2n) is 3.41. The minimum absolute atomic E-state index is 0.803. The molecule has 4 heteroatoms. The van der Waals surface area contributed by atoms with Gasteiger partial charge >= 0.3 is 0 Å². The van der Waals surface area contributed by atoms with Crippen molar-refractivity contribution < 1.29 is 9.47 Å². The summed E-state index contributed by atoms with van der Waals surface area (Å²) in [5.74, 6) is 0. The number of hydrogen-bond acceptors (Lipinski definition) is 4. The van der Waals surface area contributed by atoms with Gasteiger partial charge in [-0.05, 0) is 6.54 Å². The van der Waals surface area contributed by atoms with E-state index in [-0.39, 0.29) is 0 Å². The molecule has 1 heterocycles. The molecule has 0 spiro atoms. The molecule has 0 atom stereocenters. The second kappa shape index (κ2) is 8.17. The van der Waals surface area contributed by atoms with Crippen molar-refractivity contribution >= 4 is 0 Å². The lowest BCUT2D eigenvalue weighted by Crippen LogP contribution is -2.33. The van der Waals surface area contributed by atoms with Crippen LogP contribution >= 0.6 is 0 Å². The lowest BCUT2D eigenvalue weighted by molar-refractivity contribution is 0.0685. The number of likely N-dealkylation sites (N-methyl/N-ethyl adjacent to an activating group) is 1. The van der Waals surface area contributed by atoms with Crippen LogP contribution < -0.4 is 5.32 Å². The van der Waals surface area contributed by atoms with Crippen LogP contribution in [0.4, 0.5) is 0 Å². The Kier molecular flexibility index (Phi) is 6.95. The van der Waals surface area contributed by atoms with E-state index in [0.29, 0.717) is 0 Å². The van der Waals surface area contributed by atoms with Crippen LogP contribution in [0.3, 0.4) is 0 Å². The van der Waals surface area contributed by atoms with Gasteiger partial charge in [-0.25, -0.2) is 0 Å². The first-order chi connectivity index (χ1) is 6.93. The maximum absolute atomic E-state index is 5.49. The Morgan fingerprint density at radius 1 is 1.00 bits per heavy atom. The van der Waals surface area contributed by atoms with Crippen molar-refractivity contribution in [3.05, 3.63) is 0 Å². The summed E-state index contributed by atoms with van der Waals surface area (Å²) in [5, 5.41) is 3.26. The Bertz CT molecular complexity index is 121. The molecule has 1 aliphatic rings. The Morgan fingerprint density at radius 2 is 1.57 bits per heavy atom. The van der Waals surface area contributed by atoms with E-state index in [1.54, 1.807) is 0 Å². The molecule has 1 saturated heterocycles.